The molecule has 128 valence electrons. The monoisotopic (exact) mass is 390 g/mol. The summed E-state index contributed by atoms with van der Waals surface area (Å²) in [6.45, 7) is 0.566. The molecule has 2 rings (SSSR count). The summed E-state index contributed by atoms with van der Waals surface area (Å²) >= 11 is 3.52. The minimum absolute atomic E-state index is 0.140. The molecule has 0 unspecified atom stereocenters. The van der Waals surface area contributed by atoms with Crippen molar-refractivity contribution in [3.8, 4) is 5.75 Å². The van der Waals surface area contributed by atoms with E-state index in [-0.39, 0.29) is 5.97 Å². The number of halogens is 1. The van der Waals surface area contributed by atoms with E-state index in [1.807, 2.05) is 24.3 Å². The van der Waals surface area contributed by atoms with Gasteiger partial charge in [-0.25, -0.2) is 0 Å². The van der Waals surface area contributed by atoms with Crippen molar-refractivity contribution in [3.63, 3.8) is 0 Å². The number of allylic oxidation sites excluding steroid dienone is 1. The van der Waals surface area contributed by atoms with Gasteiger partial charge in [-0.15, -0.1) is 0 Å². The van der Waals surface area contributed by atoms with Crippen LogP contribution >= 0.6 is 15.9 Å². The Bertz CT molecular complexity index is 689. The fourth-order valence-corrected chi connectivity index (χ4v) is 2.86. The molecule has 0 radical (unpaired) electrons. The van der Waals surface area contributed by atoms with Gasteiger partial charge in [0, 0.05) is 17.1 Å². The highest BCUT2D eigenvalue weighted by Gasteiger charge is 2.03. The number of rotatable bonds is 9. The third-order valence-corrected chi connectivity index (χ3v) is 4.55. The Hall–Kier alpha value is -1.81. The van der Waals surface area contributed by atoms with Gasteiger partial charge in [-0.2, -0.15) is 0 Å². The van der Waals surface area contributed by atoms with E-state index in [0.29, 0.717) is 13.0 Å². The molecule has 0 atom stereocenters. The lowest BCUT2D eigenvalue weighted by Crippen LogP contribution is -2.03. The quantitative estimate of drug-likeness (QED) is 0.253. The van der Waals surface area contributed by atoms with Crippen LogP contribution < -0.4 is 4.74 Å². The first-order valence-corrected chi connectivity index (χ1v) is 9.28. The van der Waals surface area contributed by atoms with Gasteiger partial charge < -0.3 is 9.47 Å². The van der Waals surface area contributed by atoms with E-state index < -0.39 is 0 Å². The van der Waals surface area contributed by atoms with Crippen LogP contribution in [0.4, 0.5) is 0 Å². The Morgan fingerprint density at radius 1 is 1.12 bits per heavy atom. The maximum Gasteiger partial charge on any atom is 0.305 e. The highest BCUT2D eigenvalue weighted by molar-refractivity contribution is 9.09. The molecule has 0 aliphatic carbocycles. The maximum atomic E-state index is 11.1. The van der Waals surface area contributed by atoms with Crippen molar-refractivity contribution < 1.29 is 14.3 Å². The van der Waals surface area contributed by atoms with Crippen LogP contribution in [0.2, 0.25) is 0 Å². The Balaban J connectivity index is 1.86. The van der Waals surface area contributed by atoms with Crippen molar-refractivity contribution in [2.75, 3.05) is 19.0 Å². The van der Waals surface area contributed by atoms with Crippen LogP contribution in [0.25, 0.3) is 10.8 Å². The Labute approximate surface area is 151 Å². The van der Waals surface area contributed by atoms with Crippen LogP contribution in [0.15, 0.2) is 54.1 Å². The zero-order chi connectivity index (χ0) is 17.2. The van der Waals surface area contributed by atoms with Gasteiger partial charge in [-0.1, -0.05) is 58.4 Å². The molecular formula is C20H23BrO3. The summed E-state index contributed by atoms with van der Waals surface area (Å²) in [5, 5.41) is 3.10. The van der Waals surface area contributed by atoms with Gasteiger partial charge in [-0.3, -0.25) is 4.79 Å². The van der Waals surface area contributed by atoms with Crippen LogP contribution in [-0.2, 0) is 9.53 Å². The molecule has 0 spiro atoms. The first kappa shape index (κ1) is 18.5. The van der Waals surface area contributed by atoms with Crippen molar-refractivity contribution in [2.45, 2.75) is 25.7 Å². The fourth-order valence-electron chi connectivity index (χ4n) is 2.47. The van der Waals surface area contributed by atoms with E-state index in [2.05, 4.69) is 44.9 Å². The molecule has 0 bridgehead atoms. The molecule has 24 heavy (non-hydrogen) atoms. The van der Waals surface area contributed by atoms with E-state index >= 15 is 0 Å². The van der Waals surface area contributed by atoms with Gasteiger partial charge in [0.1, 0.15) is 12.4 Å². The summed E-state index contributed by atoms with van der Waals surface area (Å²) in [6, 6.07) is 14.3. The number of alkyl halides is 1. The number of unbranched alkanes of at least 4 members (excludes halogenated alkanes) is 2. The SMILES string of the molecule is COC(=O)CCCCC=C(CBr)COc1cccc2ccccc12. The van der Waals surface area contributed by atoms with Crippen molar-refractivity contribution in [1.29, 1.82) is 0 Å². The third-order valence-electron chi connectivity index (χ3n) is 3.83. The second-order valence-electron chi connectivity index (χ2n) is 5.58. The molecule has 0 amide bonds. The number of benzene rings is 2. The van der Waals surface area contributed by atoms with Crippen LogP contribution in [0.3, 0.4) is 0 Å². The minimum Gasteiger partial charge on any atom is -0.489 e. The Morgan fingerprint density at radius 2 is 1.92 bits per heavy atom. The van der Waals surface area contributed by atoms with Crippen LogP contribution in [0, 0.1) is 0 Å². The summed E-state index contributed by atoms with van der Waals surface area (Å²) in [7, 11) is 1.43. The zero-order valence-corrected chi connectivity index (χ0v) is 15.6. The average molecular weight is 391 g/mol. The summed E-state index contributed by atoms with van der Waals surface area (Å²) in [4.78, 5) is 11.1. The van der Waals surface area contributed by atoms with Crippen molar-refractivity contribution >= 4 is 32.7 Å². The van der Waals surface area contributed by atoms with E-state index in [1.54, 1.807) is 0 Å². The fraction of sp³-hybridized carbons (Fsp3) is 0.350. The van der Waals surface area contributed by atoms with E-state index in [0.717, 1.165) is 35.7 Å². The molecule has 2 aromatic carbocycles. The van der Waals surface area contributed by atoms with Crippen molar-refractivity contribution in [2.24, 2.45) is 0 Å². The molecule has 4 heteroatoms. The van der Waals surface area contributed by atoms with Gasteiger partial charge in [0.2, 0.25) is 0 Å². The maximum absolute atomic E-state index is 11.1. The summed E-state index contributed by atoms with van der Waals surface area (Å²) in [6.07, 6.45) is 5.44. The molecule has 3 nitrogen and oxygen atoms in total. The first-order valence-electron chi connectivity index (χ1n) is 8.16. The highest BCUT2D eigenvalue weighted by atomic mass is 79.9. The number of hydrogen-bond donors (Lipinski definition) is 0. The second kappa shape index (κ2) is 10.1. The highest BCUT2D eigenvalue weighted by Crippen LogP contribution is 2.25. The lowest BCUT2D eigenvalue weighted by molar-refractivity contribution is -0.140. The predicted molar refractivity (Wildman–Crippen MR) is 102 cm³/mol. The summed E-state index contributed by atoms with van der Waals surface area (Å²) < 4.78 is 10.7. The number of carbonyl (C=O) groups excluding carboxylic acids is 1. The van der Waals surface area contributed by atoms with Crippen LogP contribution in [-0.4, -0.2) is 25.0 Å². The molecule has 0 saturated carbocycles. The molecule has 2 aromatic rings. The number of ether oxygens (including phenoxy) is 2. The number of esters is 1. The second-order valence-corrected chi connectivity index (χ2v) is 6.14. The Morgan fingerprint density at radius 3 is 2.71 bits per heavy atom. The lowest BCUT2D eigenvalue weighted by atomic mass is 10.1. The minimum atomic E-state index is -0.140. The Kier molecular flexibility index (Phi) is 7.83. The average Bonchev–Trinajstić information content (AvgIpc) is 2.63. The smallest absolute Gasteiger partial charge is 0.305 e. The van der Waals surface area contributed by atoms with Gasteiger partial charge in [0.25, 0.3) is 0 Å². The van der Waals surface area contributed by atoms with E-state index in [1.165, 1.54) is 18.1 Å². The molecule has 0 heterocycles. The molecule has 0 fully saturated rings. The predicted octanol–water partition coefficient (Wildman–Crippen LogP) is 5.27. The number of methoxy groups -OCH3 is 1. The van der Waals surface area contributed by atoms with Crippen molar-refractivity contribution in [1.82, 2.24) is 0 Å². The number of hydrogen-bond acceptors (Lipinski definition) is 3. The zero-order valence-electron chi connectivity index (χ0n) is 14.0. The summed E-state index contributed by atoms with van der Waals surface area (Å²) in [5.74, 6) is 0.768. The topological polar surface area (TPSA) is 35.5 Å². The standard InChI is InChI=1S/C20H23BrO3/c1-23-20(22)13-4-2-3-8-16(14-21)15-24-19-12-7-10-17-9-5-6-11-18(17)19/h5-12H,2-4,13-15H2,1H3. The molecule has 0 aromatic heterocycles. The largest absolute Gasteiger partial charge is 0.489 e. The number of carbonyl (C=O) groups is 1. The van der Waals surface area contributed by atoms with Gasteiger partial charge in [0.05, 0.1) is 7.11 Å². The first-order chi connectivity index (χ1) is 11.7. The van der Waals surface area contributed by atoms with Crippen LogP contribution in [0.5, 0.6) is 5.75 Å². The number of fused-ring (bicyclic) bond motifs is 1. The van der Waals surface area contributed by atoms with Gasteiger partial charge >= 0.3 is 5.97 Å². The molecule has 0 aliphatic heterocycles. The van der Waals surface area contributed by atoms with Gasteiger partial charge in [0.15, 0.2) is 0 Å². The molecule has 0 saturated heterocycles. The van der Waals surface area contributed by atoms with E-state index in [4.69, 9.17) is 4.74 Å². The molecule has 0 aliphatic rings. The van der Waals surface area contributed by atoms with E-state index in [9.17, 15) is 4.79 Å². The third kappa shape index (κ3) is 5.68. The van der Waals surface area contributed by atoms with Crippen molar-refractivity contribution in [3.05, 3.63) is 54.1 Å². The molecular weight excluding hydrogens is 368 g/mol. The van der Waals surface area contributed by atoms with Crippen LogP contribution in [0.1, 0.15) is 25.7 Å². The normalized spacial score (nSPS) is 11.5. The lowest BCUT2D eigenvalue weighted by Gasteiger charge is -2.11. The summed E-state index contributed by atoms with van der Waals surface area (Å²) in [5.41, 5.74) is 1.21. The van der Waals surface area contributed by atoms with Gasteiger partial charge in [-0.05, 0) is 36.3 Å². The molecule has 0 N–H and O–H groups in total.